The van der Waals surface area contributed by atoms with Gasteiger partial charge in [-0.3, -0.25) is 9.78 Å². The summed E-state index contributed by atoms with van der Waals surface area (Å²) in [7, 11) is 0. The van der Waals surface area contributed by atoms with Crippen LogP contribution in [0.2, 0.25) is 0 Å². The Balaban J connectivity index is 1.51. The highest BCUT2D eigenvalue weighted by Crippen LogP contribution is 2.28. The first-order chi connectivity index (χ1) is 14.2. The summed E-state index contributed by atoms with van der Waals surface area (Å²) in [5.41, 5.74) is 0.722. The molecule has 29 heavy (non-hydrogen) atoms. The third-order valence-electron chi connectivity index (χ3n) is 4.29. The standard InChI is InChI=1S/C21H26FN5O2/c1-2-24-21(26-11-10-25-20(28)16-6-7-16)27-13-15-5-8-19(18(22)12-15)29-17-4-3-9-23-14-17/h3-5,8-9,12,14,16H,2,6-7,10-11,13H2,1H3,(H,25,28)(H2,24,26,27). The summed E-state index contributed by atoms with van der Waals surface area (Å²) >= 11 is 0. The maximum Gasteiger partial charge on any atom is 0.223 e. The fourth-order valence-corrected chi connectivity index (χ4v) is 2.63. The molecule has 0 atom stereocenters. The van der Waals surface area contributed by atoms with Gasteiger partial charge in [0, 0.05) is 31.7 Å². The largest absolute Gasteiger partial charge is 0.453 e. The second-order valence-electron chi connectivity index (χ2n) is 6.74. The van der Waals surface area contributed by atoms with Crippen LogP contribution in [-0.4, -0.2) is 36.5 Å². The maximum absolute atomic E-state index is 14.3. The zero-order valence-electron chi connectivity index (χ0n) is 16.5. The van der Waals surface area contributed by atoms with Crippen molar-refractivity contribution in [3.8, 4) is 11.5 Å². The number of pyridine rings is 1. The number of ether oxygens (including phenoxy) is 1. The molecule has 0 saturated heterocycles. The van der Waals surface area contributed by atoms with Crippen molar-refractivity contribution in [1.29, 1.82) is 0 Å². The van der Waals surface area contributed by atoms with Crippen LogP contribution in [0.5, 0.6) is 11.5 Å². The van der Waals surface area contributed by atoms with Gasteiger partial charge in [0.05, 0.1) is 12.7 Å². The van der Waals surface area contributed by atoms with Gasteiger partial charge in [-0.15, -0.1) is 0 Å². The van der Waals surface area contributed by atoms with Crippen LogP contribution < -0.4 is 20.7 Å². The summed E-state index contributed by atoms with van der Waals surface area (Å²) in [6.45, 7) is 4.09. The molecule has 0 bridgehead atoms. The molecule has 3 N–H and O–H groups in total. The van der Waals surface area contributed by atoms with E-state index in [0.717, 1.165) is 18.4 Å². The monoisotopic (exact) mass is 399 g/mol. The van der Waals surface area contributed by atoms with Crippen molar-refractivity contribution in [3.63, 3.8) is 0 Å². The van der Waals surface area contributed by atoms with E-state index in [9.17, 15) is 9.18 Å². The molecule has 1 heterocycles. The highest BCUT2D eigenvalue weighted by Gasteiger charge is 2.28. The van der Waals surface area contributed by atoms with Crippen molar-refractivity contribution in [2.45, 2.75) is 26.3 Å². The summed E-state index contributed by atoms with van der Waals surface area (Å²) in [6.07, 6.45) is 5.14. The van der Waals surface area contributed by atoms with Gasteiger partial charge in [-0.25, -0.2) is 9.38 Å². The Bertz CT molecular complexity index is 840. The number of benzene rings is 1. The number of hydrogen-bond acceptors (Lipinski definition) is 4. The normalized spacial score (nSPS) is 13.7. The maximum atomic E-state index is 14.3. The molecule has 1 amide bonds. The number of guanidine groups is 1. The number of aromatic nitrogens is 1. The highest BCUT2D eigenvalue weighted by atomic mass is 19.1. The lowest BCUT2D eigenvalue weighted by atomic mass is 10.2. The summed E-state index contributed by atoms with van der Waals surface area (Å²) < 4.78 is 19.8. The van der Waals surface area contributed by atoms with Crippen LogP contribution in [0.4, 0.5) is 4.39 Å². The van der Waals surface area contributed by atoms with E-state index in [-0.39, 0.29) is 17.6 Å². The molecule has 0 radical (unpaired) electrons. The smallest absolute Gasteiger partial charge is 0.223 e. The number of rotatable bonds is 9. The van der Waals surface area contributed by atoms with Crippen LogP contribution in [0.25, 0.3) is 0 Å². The quantitative estimate of drug-likeness (QED) is 0.343. The van der Waals surface area contributed by atoms with E-state index in [0.29, 0.717) is 37.9 Å². The number of hydrogen-bond donors (Lipinski definition) is 3. The van der Waals surface area contributed by atoms with Crippen LogP contribution >= 0.6 is 0 Å². The van der Waals surface area contributed by atoms with Gasteiger partial charge in [0.1, 0.15) is 5.75 Å². The topological polar surface area (TPSA) is 87.6 Å². The molecule has 154 valence electrons. The van der Waals surface area contributed by atoms with Crippen molar-refractivity contribution in [3.05, 3.63) is 54.1 Å². The Labute approximate surface area is 169 Å². The predicted octanol–water partition coefficient (Wildman–Crippen LogP) is 2.59. The number of nitrogens with zero attached hydrogens (tertiary/aromatic N) is 2. The molecule has 1 aliphatic rings. The zero-order chi connectivity index (χ0) is 20.5. The molecule has 3 rings (SSSR count). The van der Waals surface area contributed by atoms with E-state index in [1.807, 2.05) is 6.92 Å². The summed E-state index contributed by atoms with van der Waals surface area (Å²) in [4.78, 5) is 20.0. The second kappa shape index (κ2) is 10.4. The molecule has 0 unspecified atom stereocenters. The van der Waals surface area contributed by atoms with Gasteiger partial charge < -0.3 is 20.7 Å². The number of aliphatic imine (C=N–C) groups is 1. The summed E-state index contributed by atoms with van der Waals surface area (Å²) in [6, 6.07) is 8.21. The number of amides is 1. The Morgan fingerprint density at radius 2 is 2.07 bits per heavy atom. The first-order valence-corrected chi connectivity index (χ1v) is 9.82. The van der Waals surface area contributed by atoms with Gasteiger partial charge >= 0.3 is 0 Å². The van der Waals surface area contributed by atoms with Crippen LogP contribution in [0.3, 0.4) is 0 Å². The van der Waals surface area contributed by atoms with E-state index in [1.165, 1.54) is 12.3 Å². The molecule has 1 aromatic carbocycles. The van der Waals surface area contributed by atoms with E-state index in [4.69, 9.17) is 4.74 Å². The molecule has 1 aliphatic carbocycles. The molecule has 1 fully saturated rings. The number of carbonyl (C=O) groups excluding carboxylic acids is 1. The van der Waals surface area contributed by atoms with E-state index in [2.05, 4.69) is 25.9 Å². The zero-order valence-corrected chi connectivity index (χ0v) is 16.5. The fourth-order valence-electron chi connectivity index (χ4n) is 2.63. The lowest BCUT2D eigenvalue weighted by Gasteiger charge is -2.12. The van der Waals surface area contributed by atoms with Crippen molar-refractivity contribution < 1.29 is 13.9 Å². The summed E-state index contributed by atoms with van der Waals surface area (Å²) in [5.74, 6) is 1.10. The van der Waals surface area contributed by atoms with Gasteiger partial charge in [-0.1, -0.05) is 6.07 Å². The molecule has 1 aromatic heterocycles. The number of halogens is 1. The fraction of sp³-hybridized carbons (Fsp3) is 0.381. The second-order valence-corrected chi connectivity index (χ2v) is 6.74. The van der Waals surface area contributed by atoms with Gasteiger partial charge in [0.15, 0.2) is 17.5 Å². The third kappa shape index (κ3) is 6.74. The summed E-state index contributed by atoms with van der Waals surface area (Å²) in [5, 5.41) is 9.20. The van der Waals surface area contributed by atoms with Crippen LogP contribution in [0.1, 0.15) is 25.3 Å². The average molecular weight is 399 g/mol. The molecular weight excluding hydrogens is 373 g/mol. The first kappa shape index (κ1) is 20.6. The molecule has 8 heteroatoms. The lowest BCUT2D eigenvalue weighted by Crippen LogP contribution is -2.41. The van der Waals surface area contributed by atoms with Crippen molar-refractivity contribution >= 4 is 11.9 Å². The SMILES string of the molecule is CCNC(=NCc1ccc(Oc2cccnc2)c(F)c1)NCCNC(=O)C1CC1. The van der Waals surface area contributed by atoms with E-state index in [1.54, 1.807) is 30.5 Å². The third-order valence-corrected chi connectivity index (χ3v) is 4.29. The van der Waals surface area contributed by atoms with Crippen molar-refractivity contribution in [1.82, 2.24) is 20.9 Å². The van der Waals surface area contributed by atoms with Crippen molar-refractivity contribution in [2.24, 2.45) is 10.9 Å². The predicted molar refractivity (Wildman–Crippen MR) is 109 cm³/mol. The van der Waals surface area contributed by atoms with Crippen molar-refractivity contribution in [2.75, 3.05) is 19.6 Å². The van der Waals surface area contributed by atoms with Gasteiger partial charge in [-0.2, -0.15) is 0 Å². The average Bonchev–Trinajstić information content (AvgIpc) is 3.57. The van der Waals surface area contributed by atoms with Crippen LogP contribution in [0, 0.1) is 11.7 Å². The molecular formula is C21H26FN5O2. The van der Waals surface area contributed by atoms with Gasteiger partial charge in [-0.05, 0) is 49.6 Å². The van der Waals surface area contributed by atoms with E-state index < -0.39 is 5.82 Å². The van der Waals surface area contributed by atoms with Crippen LogP contribution in [-0.2, 0) is 11.3 Å². The molecule has 2 aromatic rings. The molecule has 0 aliphatic heterocycles. The highest BCUT2D eigenvalue weighted by molar-refractivity contribution is 5.81. The van der Waals surface area contributed by atoms with Gasteiger partial charge in [0.2, 0.25) is 5.91 Å². The molecule has 0 spiro atoms. The minimum atomic E-state index is -0.456. The minimum absolute atomic E-state index is 0.123. The minimum Gasteiger partial charge on any atom is -0.453 e. The number of nitrogens with one attached hydrogen (secondary N) is 3. The number of carbonyl (C=O) groups is 1. The van der Waals surface area contributed by atoms with E-state index >= 15 is 0 Å². The lowest BCUT2D eigenvalue weighted by molar-refractivity contribution is -0.122. The van der Waals surface area contributed by atoms with Crippen LogP contribution in [0.15, 0.2) is 47.7 Å². The Kier molecular flexibility index (Phi) is 7.38. The first-order valence-electron chi connectivity index (χ1n) is 9.82. The Morgan fingerprint density at radius 3 is 2.76 bits per heavy atom. The Morgan fingerprint density at radius 1 is 1.24 bits per heavy atom. The molecule has 1 saturated carbocycles. The van der Waals surface area contributed by atoms with Gasteiger partial charge in [0.25, 0.3) is 0 Å². The Hall–Kier alpha value is -3.16. The molecule has 7 nitrogen and oxygen atoms in total.